The summed E-state index contributed by atoms with van der Waals surface area (Å²) in [6, 6.07) is 4.49. The summed E-state index contributed by atoms with van der Waals surface area (Å²) in [5, 5.41) is 0. The van der Waals surface area contributed by atoms with Gasteiger partial charge in [0.15, 0.2) is 0 Å². The van der Waals surface area contributed by atoms with E-state index in [1.807, 2.05) is 13.8 Å². The van der Waals surface area contributed by atoms with Crippen molar-refractivity contribution in [1.29, 1.82) is 0 Å². The van der Waals surface area contributed by atoms with Crippen molar-refractivity contribution in [3.8, 4) is 5.75 Å². The molecule has 1 rings (SSSR count). The number of benzene rings is 1. The lowest BCUT2D eigenvalue weighted by atomic mass is 10.1. The fraction of sp³-hybridized carbons (Fsp3) is 0.455. The molecule has 78 valence electrons. The Balaban J connectivity index is 2.89. The summed E-state index contributed by atoms with van der Waals surface area (Å²) in [6.07, 6.45) is 0.0514. The summed E-state index contributed by atoms with van der Waals surface area (Å²) in [5.41, 5.74) is 6.10. The van der Waals surface area contributed by atoms with Crippen molar-refractivity contribution in [1.82, 2.24) is 0 Å². The summed E-state index contributed by atoms with van der Waals surface area (Å²) in [7, 11) is 0. The van der Waals surface area contributed by atoms with Gasteiger partial charge in [-0.25, -0.2) is 4.39 Å². The molecule has 2 N–H and O–H groups in total. The van der Waals surface area contributed by atoms with Crippen molar-refractivity contribution in [2.24, 2.45) is 5.73 Å². The fourth-order valence-electron chi connectivity index (χ4n) is 1.22. The first kappa shape index (κ1) is 11.0. The van der Waals surface area contributed by atoms with Gasteiger partial charge in [0.1, 0.15) is 11.6 Å². The van der Waals surface area contributed by atoms with E-state index in [-0.39, 0.29) is 18.0 Å². The number of ether oxygens (including phenoxy) is 1. The number of hydrogen-bond acceptors (Lipinski definition) is 2. The first-order chi connectivity index (χ1) is 6.50. The Morgan fingerprint density at radius 2 is 1.93 bits per heavy atom. The highest BCUT2D eigenvalue weighted by Crippen LogP contribution is 2.21. The van der Waals surface area contributed by atoms with Gasteiger partial charge in [0.25, 0.3) is 0 Å². The summed E-state index contributed by atoms with van der Waals surface area (Å²) in [4.78, 5) is 0. The SMILES string of the molecule is CC(C)Oc1ccc(C(C)N)c(F)c1. The topological polar surface area (TPSA) is 35.2 Å². The van der Waals surface area contributed by atoms with E-state index >= 15 is 0 Å². The maximum atomic E-state index is 13.4. The van der Waals surface area contributed by atoms with Crippen LogP contribution in [0.2, 0.25) is 0 Å². The molecule has 2 nitrogen and oxygen atoms in total. The standard InChI is InChI=1S/C11H16FNO/c1-7(2)14-9-4-5-10(8(3)13)11(12)6-9/h4-8H,13H2,1-3H3. The lowest BCUT2D eigenvalue weighted by molar-refractivity contribution is 0.241. The van der Waals surface area contributed by atoms with Crippen LogP contribution in [0.3, 0.4) is 0 Å². The normalized spacial score (nSPS) is 13.0. The second kappa shape index (κ2) is 4.42. The molecule has 1 atom stereocenters. The van der Waals surface area contributed by atoms with Crippen molar-refractivity contribution in [3.63, 3.8) is 0 Å². The van der Waals surface area contributed by atoms with E-state index in [4.69, 9.17) is 10.5 Å². The van der Waals surface area contributed by atoms with Gasteiger partial charge >= 0.3 is 0 Å². The van der Waals surface area contributed by atoms with Gasteiger partial charge < -0.3 is 10.5 Å². The van der Waals surface area contributed by atoms with Gasteiger partial charge in [-0.15, -0.1) is 0 Å². The molecule has 0 fully saturated rings. The van der Waals surface area contributed by atoms with Crippen LogP contribution in [0, 0.1) is 5.82 Å². The minimum absolute atomic E-state index is 0.0514. The molecule has 0 aliphatic carbocycles. The number of hydrogen-bond donors (Lipinski definition) is 1. The Morgan fingerprint density at radius 1 is 1.29 bits per heavy atom. The molecule has 3 heteroatoms. The van der Waals surface area contributed by atoms with Crippen molar-refractivity contribution in [2.75, 3.05) is 0 Å². The smallest absolute Gasteiger partial charge is 0.131 e. The molecule has 0 spiro atoms. The van der Waals surface area contributed by atoms with E-state index in [1.165, 1.54) is 6.07 Å². The predicted molar refractivity (Wildman–Crippen MR) is 54.8 cm³/mol. The van der Waals surface area contributed by atoms with E-state index in [9.17, 15) is 4.39 Å². The Kier molecular flexibility index (Phi) is 3.47. The van der Waals surface area contributed by atoms with Crippen molar-refractivity contribution in [3.05, 3.63) is 29.6 Å². The summed E-state index contributed by atoms with van der Waals surface area (Å²) < 4.78 is 18.7. The minimum atomic E-state index is -0.307. The third-order valence-corrected chi connectivity index (χ3v) is 1.83. The fourth-order valence-corrected chi connectivity index (χ4v) is 1.22. The molecule has 1 aromatic carbocycles. The number of halogens is 1. The van der Waals surface area contributed by atoms with Gasteiger partial charge in [0.05, 0.1) is 6.10 Å². The van der Waals surface area contributed by atoms with Crippen LogP contribution in [0.4, 0.5) is 4.39 Å². The van der Waals surface area contributed by atoms with Crippen LogP contribution in [0.1, 0.15) is 32.4 Å². The molecule has 0 heterocycles. The van der Waals surface area contributed by atoms with Crippen molar-refractivity contribution >= 4 is 0 Å². The van der Waals surface area contributed by atoms with E-state index in [0.29, 0.717) is 11.3 Å². The number of nitrogens with two attached hydrogens (primary N) is 1. The lowest BCUT2D eigenvalue weighted by Crippen LogP contribution is -2.09. The van der Waals surface area contributed by atoms with Crippen molar-refractivity contribution < 1.29 is 9.13 Å². The van der Waals surface area contributed by atoms with Gasteiger partial charge in [-0.3, -0.25) is 0 Å². The largest absolute Gasteiger partial charge is 0.491 e. The predicted octanol–water partition coefficient (Wildman–Crippen LogP) is 2.63. The highest BCUT2D eigenvalue weighted by Gasteiger charge is 2.08. The zero-order valence-corrected chi connectivity index (χ0v) is 8.75. The maximum absolute atomic E-state index is 13.4. The minimum Gasteiger partial charge on any atom is -0.491 e. The molecule has 0 amide bonds. The second-order valence-corrected chi connectivity index (χ2v) is 3.64. The van der Waals surface area contributed by atoms with Gasteiger partial charge in [-0.05, 0) is 26.8 Å². The molecular formula is C11H16FNO. The highest BCUT2D eigenvalue weighted by molar-refractivity contribution is 5.30. The number of rotatable bonds is 3. The Labute approximate surface area is 83.9 Å². The summed E-state index contributed by atoms with van der Waals surface area (Å²) in [5.74, 6) is 0.236. The van der Waals surface area contributed by atoms with Crippen LogP contribution in [0.25, 0.3) is 0 Å². The van der Waals surface area contributed by atoms with Crippen LogP contribution in [0.15, 0.2) is 18.2 Å². The monoisotopic (exact) mass is 197 g/mol. The van der Waals surface area contributed by atoms with Gasteiger partial charge in [-0.2, -0.15) is 0 Å². The molecule has 14 heavy (non-hydrogen) atoms. The first-order valence-electron chi connectivity index (χ1n) is 4.72. The molecule has 0 saturated carbocycles. The van der Waals surface area contributed by atoms with Crippen LogP contribution in [-0.2, 0) is 0 Å². The van der Waals surface area contributed by atoms with Gasteiger partial charge in [0.2, 0.25) is 0 Å². The Morgan fingerprint density at radius 3 is 2.36 bits per heavy atom. The third-order valence-electron chi connectivity index (χ3n) is 1.83. The van der Waals surface area contributed by atoms with E-state index in [0.717, 1.165) is 0 Å². The summed E-state index contributed by atoms with van der Waals surface area (Å²) >= 11 is 0. The molecular weight excluding hydrogens is 181 g/mol. The molecule has 0 aromatic heterocycles. The van der Waals surface area contributed by atoms with Gasteiger partial charge in [-0.1, -0.05) is 6.07 Å². The molecule has 0 radical (unpaired) electrons. The molecule has 0 saturated heterocycles. The van der Waals surface area contributed by atoms with Crippen LogP contribution >= 0.6 is 0 Å². The summed E-state index contributed by atoms with van der Waals surface area (Å²) in [6.45, 7) is 5.55. The lowest BCUT2D eigenvalue weighted by Gasteiger charge is -2.12. The molecule has 0 aliphatic rings. The third kappa shape index (κ3) is 2.70. The average Bonchev–Trinajstić information content (AvgIpc) is 2.01. The Hall–Kier alpha value is -1.09. The van der Waals surface area contributed by atoms with Crippen LogP contribution in [-0.4, -0.2) is 6.10 Å². The van der Waals surface area contributed by atoms with Crippen LogP contribution in [0.5, 0.6) is 5.75 Å². The second-order valence-electron chi connectivity index (χ2n) is 3.64. The quantitative estimate of drug-likeness (QED) is 0.808. The van der Waals surface area contributed by atoms with E-state index in [2.05, 4.69) is 0 Å². The van der Waals surface area contributed by atoms with E-state index in [1.54, 1.807) is 19.1 Å². The van der Waals surface area contributed by atoms with Crippen LogP contribution < -0.4 is 10.5 Å². The highest BCUT2D eigenvalue weighted by atomic mass is 19.1. The Bertz CT molecular complexity index is 310. The van der Waals surface area contributed by atoms with E-state index < -0.39 is 0 Å². The molecule has 1 aromatic rings. The first-order valence-corrected chi connectivity index (χ1v) is 4.72. The molecule has 0 aliphatic heterocycles. The zero-order valence-electron chi connectivity index (χ0n) is 8.75. The van der Waals surface area contributed by atoms with Gasteiger partial charge in [0, 0.05) is 17.7 Å². The zero-order chi connectivity index (χ0) is 10.7. The molecule has 0 bridgehead atoms. The average molecular weight is 197 g/mol. The van der Waals surface area contributed by atoms with Crippen molar-refractivity contribution in [2.45, 2.75) is 32.9 Å². The maximum Gasteiger partial charge on any atom is 0.131 e. The molecule has 1 unspecified atom stereocenters.